The summed E-state index contributed by atoms with van der Waals surface area (Å²) in [6, 6.07) is 10.1. The van der Waals surface area contributed by atoms with Crippen LogP contribution in [0.4, 0.5) is 0 Å². The van der Waals surface area contributed by atoms with Crippen molar-refractivity contribution in [3.8, 4) is 0 Å². The quantitative estimate of drug-likeness (QED) is 0.858. The Hall–Kier alpha value is -1.23. The largest absolute Gasteiger partial charge is 0.390 e. The summed E-state index contributed by atoms with van der Waals surface area (Å²) in [5.74, 6) is 0.499. The van der Waals surface area contributed by atoms with E-state index >= 15 is 0 Å². The lowest BCUT2D eigenvalue weighted by Gasteiger charge is -2.35. The molecule has 4 rings (SSSR count). The smallest absolute Gasteiger partial charge is 0.144 e. The zero-order chi connectivity index (χ0) is 19.6. The Morgan fingerprint density at radius 1 is 1.04 bits per heavy atom. The fraction of sp³-hybridized carbons (Fsp3) is 0.696. The van der Waals surface area contributed by atoms with Crippen LogP contribution in [0.3, 0.4) is 0 Å². The van der Waals surface area contributed by atoms with Crippen LogP contribution >= 0.6 is 0 Å². The predicted octanol–water partition coefficient (Wildman–Crippen LogP) is 3.61. The molecule has 4 heteroatoms. The third kappa shape index (κ3) is 3.26. The van der Waals surface area contributed by atoms with Crippen molar-refractivity contribution in [2.75, 3.05) is 0 Å². The molecule has 0 saturated heterocycles. The highest BCUT2D eigenvalue weighted by atomic mass is 16.5. The van der Waals surface area contributed by atoms with Gasteiger partial charge in [0, 0.05) is 11.8 Å². The van der Waals surface area contributed by atoms with Crippen molar-refractivity contribution in [1.82, 2.24) is 0 Å². The Bertz CT molecular complexity index is 699. The molecule has 3 aliphatic carbocycles. The van der Waals surface area contributed by atoms with Gasteiger partial charge in [-0.05, 0) is 58.4 Å². The molecule has 1 aromatic rings. The third-order valence-corrected chi connectivity index (χ3v) is 6.72. The van der Waals surface area contributed by atoms with Gasteiger partial charge in [0.2, 0.25) is 0 Å². The van der Waals surface area contributed by atoms with Crippen molar-refractivity contribution in [3.05, 3.63) is 35.9 Å². The lowest BCUT2D eigenvalue weighted by Crippen LogP contribution is -2.41. The number of Topliss-reactive ketones (excluding diaryl/α,β-unsaturated/α-hetero) is 1. The summed E-state index contributed by atoms with van der Waals surface area (Å²) in [7, 11) is 0. The molecule has 0 heterocycles. The highest BCUT2D eigenvalue weighted by molar-refractivity contribution is 5.89. The average molecular weight is 373 g/mol. The molecule has 2 bridgehead atoms. The molecule has 1 N–H and O–H groups in total. The number of carbonyl (C=O) groups excluding carboxylic acids is 1. The molecule has 0 aromatic heterocycles. The van der Waals surface area contributed by atoms with Gasteiger partial charge in [-0.25, -0.2) is 0 Å². The minimum atomic E-state index is -0.822. The number of carbonyl (C=O) groups is 1. The molecule has 3 aliphatic rings. The van der Waals surface area contributed by atoms with Crippen LogP contribution in [-0.4, -0.2) is 34.3 Å². The first-order chi connectivity index (χ1) is 12.6. The van der Waals surface area contributed by atoms with Crippen LogP contribution in [0.25, 0.3) is 0 Å². The highest BCUT2D eigenvalue weighted by Gasteiger charge is 2.72. The normalized spacial score (nSPS) is 38.0. The second-order valence-corrected chi connectivity index (χ2v) is 10.1. The van der Waals surface area contributed by atoms with Crippen LogP contribution in [0.2, 0.25) is 0 Å². The fourth-order valence-corrected chi connectivity index (χ4v) is 5.86. The summed E-state index contributed by atoms with van der Waals surface area (Å²) in [5.41, 5.74) is -0.0166. The fourth-order valence-electron chi connectivity index (χ4n) is 5.86. The average Bonchev–Trinajstić information content (AvgIpc) is 3.13. The predicted molar refractivity (Wildman–Crippen MR) is 103 cm³/mol. The molecule has 1 aromatic carbocycles. The summed E-state index contributed by atoms with van der Waals surface area (Å²) >= 11 is 0. The van der Waals surface area contributed by atoms with Crippen LogP contribution < -0.4 is 0 Å². The zero-order valence-corrected chi connectivity index (χ0v) is 17.0. The van der Waals surface area contributed by atoms with Crippen molar-refractivity contribution in [3.63, 3.8) is 0 Å². The summed E-state index contributed by atoms with van der Waals surface area (Å²) < 4.78 is 12.8. The number of ether oxygens (including phenoxy) is 2. The maximum atomic E-state index is 13.2. The van der Waals surface area contributed by atoms with Gasteiger partial charge in [0.15, 0.2) is 0 Å². The molecule has 148 valence electrons. The maximum absolute atomic E-state index is 13.2. The number of benzene rings is 1. The van der Waals surface area contributed by atoms with Gasteiger partial charge in [0.05, 0.1) is 35.9 Å². The molecule has 0 radical (unpaired) electrons. The minimum Gasteiger partial charge on any atom is -0.390 e. The van der Waals surface area contributed by atoms with E-state index in [9.17, 15) is 9.90 Å². The lowest BCUT2D eigenvalue weighted by molar-refractivity contribution is -0.137. The molecule has 3 saturated carbocycles. The first kappa shape index (κ1) is 19.1. The van der Waals surface area contributed by atoms with E-state index in [0.717, 1.165) is 12.0 Å². The van der Waals surface area contributed by atoms with E-state index in [-0.39, 0.29) is 53.2 Å². The van der Waals surface area contributed by atoms with Gasteiger partial charge in [-0.3, -0.25) is 4.79 Å². The van der Waals surface area contributed by atoms with Gasteiger partial charge in [-0.1, -0.05) is 30.3 Å². The SMILES string of the molecule is CC(C)(C)O[C@@H]1[C@@H]2C(=O)[C@H]3CC(C(C)(C)O)[C@@H]([C@@H]2OCc2ccccc2)[C@@H]13. The van der Waals surface area contributed by atoms with Gasteiger partial charge < -0.3 is 14.6 Å². The van der Waals surface area contributed by atoms with Crippen LogP contribution in [0.5, 0.6) is 0 Å². The monoisotopic (exact) mass is 372 g/mol. The molecule has 0 spiro atoms. The van der Waals surface area contributed by atoms with Gasteiger partial charge in [0.25, 0.3) is 0 Å². The zero-order valence-electron chi connectivity index (χ0n) is 17.0. The number of ketones is 1. The first-order valence-corrected chi connectivity index (χ1v) is 10.2. The summed E-state index contributed by atoms with van der Waals surface area (Å²) in [6.07, 6.45) is 0.481. The Morgan fingerprint density at radius 3 is 2.30 bits per heavy atom. The van der Waals surface area contributed by atoms with E-state index in [2.05, 4.69) is 0 Å². The molecule has 4 nitrogen and oxygen atoms in total. The van der Waals surface area contributed by atoms with Crippen molar-refractivity contribution < 1.29 is 19.4 Å². The van der Waals surface area contributed by atoms with E-state index < -0.39 is 5.60 Å². The Balaban J connectivity index is 1.63. The molecule has 3 fully saturated rings. The van der Waals surface area contributed by atoms with Crippen LogP contribution in [0.1, 0.15) is 46.6 Å². The lowest BCUT2D eigenvalue weighted by atomic mass is 9.78. The maximum Gasteiger partial charge on any atom is 0.144 e. The van der Waals surface area contributed by atoms with Gasteiger partial charge in [-0.15, -0.1) is 0 Å². The van der Waals surface area contributed by atoms with E-state index in [4.69, 9.17) is 9.47 Å². The van der Waals surface area contributed by atoms with Gasteiger partial charge >= 0.3 is 0 Å². The number of hydrogen-bond donors (Lipinski definition) is 1. The van der Waals surface area contributed by atoms with E-state index in [0.29, 0.717) is 6.61 Å². The highest BCUT2D eigenvalue weighted by Crippen LogP contribution is 2.64. The van der Waals surface area contributed by atoms with E-state index in [1.807, 2.05) is 65.0 Å². The van der Waals surface area contributed by atoms with Crippen molar-refractivity contribution >= 4 is 5.78 Å². The first-order valence-electron chi connectivity index (χ1n) is 10.2. The molecule has 27 heavy (non-hydrogen) atoms. The summed E-state index contributed by atoms with van der Waals surface area (Å²) in [4.78, 5) is 13.2. The molecule has 7 atom stereocenters. The number of aliphatic hydroxyl groups is 1. The summed E-state index contributed by atoms with van der Waals surface area (Å²) in [5, 5.41) is 10.8. The van der Waals surface area contributed by atoms with Crippen molar-refractivity contribution in [1.29, 1.82) is 0 Å². The number of hydrogen-bond acceptors (Lipinski definition) is 4. The molecular weight excluding hydrogens is 340 g/mol. The van der Waals surface area contributed by atoms with Crippen molar-refractivity contribution in [2.24, 2.45) is 29.6 Å². The van der Waals surface area contributed by atoms with Crippen molar-refractivity contribution in [2.45, 2.75) is 71.1 Å². The van der Waals surface area contributed by atoms with Crippen LogP contribution in [-0.2, 0) is 20.9 Å². The summed E-state index contributed by atoms with van der Waals surface area (Å²) in [6.45, 7) is 10.4. The number of fused-ring (bicyclic) bond motifs is 1. The van der Waals surface area contributed by atoms with Gasteiger partial charge in [-0.2, -0.15) is 0 Å². The second-order valence-electron chi connectivity index (χ2n) is 10.1. The van der Waals surface area contributed by atoms with Crippen LogP contribution in [0, 0.1) is 29.6 Å². The Morgan fingerprint density at radius 2 is 1.70 bits per heavy atom. The Labute approximate surface area is 162 Å². The minimum absolute atomic E-state index is 0.0142. The van der Waals surface area contributed by atoms with Gasteiger partial charge in [0.1, 0.15) is 5.78 Å². The third-order valence-electron chi connectivity index (χ3n) is 6.72. The Kier molecular flexibility index (Phi) is 4.53. The van der Waals surface area contributed by atoms with E-state index in [1.165, 1.54) is 0 Å². The second kappa shape index (κ2) is 6.40. The molecule has 1 unspecified atom stereocenters. The number of rotatable bonds is 5. The molecule has 0 aliphatic heterocycles. The topological polar surface area (TPSA) is 55.8 Å². The molecule has 0 amide bonds. The van der Waals surface area contributed by atoms with Crippen LogP contribution in [0.15, 0.2) is 30.3 Å². The molecular formula is C23H32O4. The van der Waals surface area contributed by atoms with E-state index in [1.54, 1.807) is 0 Å². The standard InChI is InChI=1S/C23H32O4/c1-22(2,3)27-21-16-14-11-15(23(4,5)25)17(16)20(18(21)19(14)24)26-12-13-9-7-6-8-10-13/h6-10,14-18,20-21,25H,11-12H2,1-5H3/t14-,15?,16-,17+,18+,20-,21-/m0/s1.